The fourth-order valence-corrected chi connectivity index (χ4v) is 6.79. The summed E-state index contributed by atoms with van der Waals surface area (Å²) in [5.41, 5.74) is 0.975. The Morgan fingerprint density at radius 3 is 1.96 bits per heavy atom. The van der Waals surface area contributed by atoms with Crippen molar-refractivity contribution in [2.24, 2.45) is 22.2 Å². The normalized spacial score (nSPS) is 35.8. The Labute approximate surface area is 166 Å². The third kappa shape index (κ3) is 6.45. The quantitative estimate of drug-likeness (QED) is 0.396. The van der Waals surface area contributed by atoms with Gasteiger partial charge < -0.3 is 14.9 Å². The largest absolute Gasteiger partial charge is 0.466 e. The second-order valence-electron chi connectivity index (χ2n) is 10.3. The average molecular weight is 383 g/mol. The van der Waals surface area contributed by atoms with Crippen LogP contribution < -0.4 is 0 Å². The van der Waals surface area contributed by atoms with Crippen LogP contribution >= 0.6 is 0 Å². The first-order valence-electron chi connectivity index (χ1n) is 11.2. The van der Waals surface area contributed by atoms with E-state index >= 15 is 0 Å². The highest BCUT2D eigenvalue weighted by molar-refractivity contribution is 5.68. The molecule has 0 heterocycles. The number of aliphatic hydroxyl groups excluding tert-OH is 2. The molecule has 2 bridgehead atoms. The van der Waals surface area contributed by atoms with Crippen LogP contribution in [0, 0.1) is 22.2 Å². The van der Waals surface area contributed by atoms with Gasteiger partial charge in [0.15, 0.2) is 0 Å². The van der Waals surface area contributed by atoms with E-state index in [1.54, 1.807) is 0 Å². The smallest absolute Gasteiger partial charge is 0.305 e. The van der Waals surface area contributed by atoms with E-state index in [4.69, 9.17) is 4.74 Å². The summed E-state index contributed by atoms with van der Waals surface area (Å²) in [7, 11) is 0. The topological polar surface area (TPSA) is 66.8 Å². The molecule has 2 rings (SSSR count). The van der Waals surface area contributed by atoms with E-state index in [1.165, 1.54) is 32.1 Å². The molecule has 0 amide bonds. The van der Waals surface area contributed by atoms with Gasteiger partial charge in [0.2, 0.25) is 0 Å². The molecule has 27 heavy (non-hydrogen) atoms. The van der Waals surface area contributed by atoms with Crippen molar-refractivity contribution in [2.45, 2.75) is 97.8 Å². The number of carbonyl (C=O) groups excluding carboxylic acids is 1. The van der Waals surface area contributed by atoms with Crippen LogP contribution in [0.2, 0.25) is 0 Å². The number of rotatable bonds is 11. The minimum atomic E-state index is -0.0989. The van der Waals surface area contributed by atoms with Gasteiger partial charge in [-0.05, 0) is 92.8 Å². The lowest BCUT2D eigenvalue weighted by Gasteiger charge is -2.58. The van der Waals surface area contributed by atoms with Crippen LogP contribution in [0.3, 0.4) is 0 Å². The molecule has 2 aliphatic rings. The van der Waals surface area contributed by atoms with Gasteiger partial charge in [-0.25, -0.2) is 0 Å². The summed E-state index contributed by atoms with van der Waals surface area (Å²) in [5, 5.41) is 18.7. The molecule has 0 aromatic carbocycles. The molecule has 2 N–H and O–H groups in total. The van der Waals surface area contributed by atoms with Gasteiger partial charge in [0.05, 0.1) is 6.61 Å². The summed E-state index contributed by atoms with van der Waals surface area (Å²) in [5.74, 6) is 0.649. The Hall–Kier alpha value is -0.610. The Morgan fingerprint density at radius 2 is 1.48 bits per heavy atom. The lowest BCUT2D eigenvalue weighted by molar-refractivity contribution is -0.144. The van der Waals surface area contributed by atoms with E-state index in [2.05, 4.69) is 13.8 Å². The molecule has 0 aliphatic heterocycles. The van der Waals surface area contributed by atoms with Crippen molar-refractivity contribution in [3.05, 3.63) is 0 Å². The third-order valence-corrected chi connectivity index (χ3v) is 7.17. The van der Waals surface area contributed by atoms with Crippen LogP contribution in [0.4, 0.5) is 0 Å². The Bertz CT molecular complexity index is 451. The van der Waals surface area contributed by atoms with Gasteiger partial charge in [-0.2, -0.15) is 0 Å². The molecule has 4 heteroatoms. The number of fused-ring (bicyclic) bond motifs is 2. The van der Waals surface area contributed by atoms with Crippen molar-refractivity contribution in [1.82, 2.24) is 0 Å². The van der Waals surface area contributed by atoms with Crippen LogP contribution in [-0.4, -0.2) is 36.0 Å². The molecule has 0 aromatic heterocycles. The molecule has 158 valence electrons. The molecule has 2 unspecified atom stereocenters. The summed E-state index contributed by atoms with van der Waals surface area (Å²) in [4.78, 5) is 11.4. The molecule has 2 atom stereocenters. The van der Waals surface area contributed by atoms with E-state index in [0.29, 0.717) is 29.3 Å². The molecule has 2 saturated carbocycles. The van der Waals surface area contributed by atoms with Crippen LogP contribution in [-0.2, 0) is 9.53 Å². The van der Waals surface area contributed by atoms with Crippen LogP contribution in [0.1, 0.15) is 97.8 Å². The highest BCUT2D eigenvalue weighted by Crippen LogP contribution is 2.63. The monoisotopic (exact) mass is 382 g/mol. The van der Waals surface area contributed by atoms with E-state index in [0.717, 1.165) is 44.4 Å². The molecule has 0 saturated heterocycles. The predicted molar refractivity (Wildman–Crippen MR) is 108 cm³/mol. The number of esters is 1. The summed E-state index contributed by atoms with van der Waals surface area (Å²) < 4.78 is 5.35. The molecule has 0 radical (unpaired) electrons. The maximum absolute atomic E-state index is 11.4. The Kier molecular flexibility index (Phi) is 8.18. The van der Waals surface area contributed by atoms with E-state index in [-0.39, 0.29) is 19.2 Å². The summed E-state index contributed by atoms with van der Waals surface area (Å²) >= 11 is 0. The maximum atomic E-state index is 11.4. The molecule has 2 aliphatic carbocycles. The van der Waals surface area contributed by atoms with Crippen molar-refractivity contribution in [3.8, 4) is 0 Å². The predicted octanol–water partition coefficient (Wildman–Crippen LogP) is 4.86. The van der Waals surface area contributed by atoms with Crippen molar-refractivity contribution in [3.63, 3.8) is 0 Å². The van der Waals surface area contributed by atoms with Crippen LogP contribution in [0.5, 0.6) is 0 Å². The maximum Gasteiger partial charge on any atom is 0.305 e. The first kappa shape index (κ1) is 22.7. The van der Waals surface area contributed by atoms with Crippen molar-refractivity contribution < 1.29 is 19.7 Å². The zero-order valence-electron chi connectivity index (χ0n) is 17.9. The molecular weight excluding hydrogens is 340 g/mol. The SMILES string of the molecule is CCC(=O)OCCCC12CC(CC(C)(CCCO)C1)CC(C)(CCCO)C2. The van der Waals surface area contributed by atoms with Gasteiger partial charge in [-0.15, -0.1) is 0 Å². The molecule has 0 aromatic rings. The van der Waals surface area contributed by atoms with E-state index < -0.39 is 0 Å². The van der Waals surface area contributed by atoms with Crippen molar-refractivity contribution in [2.75, 3.05) is 19.8 Å². The van der Waals surface area contributed by atoms with Crippen LogP contribution in [0.15, 0.2) is 0 Å². The number of ether oxygens (including phenoxy) is 1. The number of hydrogen-bond donors (Lipinski definition) is 2. The fourth-order valence-electron chi connectivity index (χ4n) is 6.79. The zero-order chi connectivity index (χ0) is 20.0. The summed E-state index contributed by atoms with van der Waals surface area (Å²) in [6.07, 6.45) is 12.9. The lowest BCUT2D eigenvalue weighted by atomic mass is 9.47. The Morgan fingerprint density at radius 1 is 0.926 bits per heavy atom. The van der Waals surface area contributed by atoms with Gasteiger partial charge >= 0.3 is 5.97 Å². The second kappa shape index (κ2) is 9.73. The summed E-state index contributed by atoms with van der Waals surface area (Å²) in [6, 6.07) is 0. The highest BCUT2D eigenvalue weighted by Gasteiger charge is 2.52. The summed E-state index contributed by atoms with van der Waals surface area (Å²) in [6.45, 7) is 7.81. The molecule has 0 spiro atoms. The first-order chi connectivity index (χ1) is 12.8. The van der Waals surface area contributed by atoms with Gasteiger partial charge in [0.1, 0.15) is 0 Å². The van der Waals surface area contributed by atoms with E-state index in [1.807, 2.05) is 6.92 Å². The molecule has 4 nitrogen and oxygen atoms in total. The molecule has 2 fully saturated rings. The van der Waals surface area contributed by atoms with E-state index in [9.17, 15) is 15.0 Å². The first-order valence-corrected chi connectivity index (χ1v) is 11.2. The third-order valence-electron chi connectivity index (χ3n) is 7.17. The van der Waals surface area contributed by atoms with Gasteiger partial charge in [0.25, 0.3) is 0 Å². The standard InChI is InChI=1S/C23H42O4/c1-4-20(26)27-13-7-10-23-16-19(14-21(2,17-23)8-5-11-24)15-22(3,18-23)9-6-12-25/h19,24-25H,4-18H2,1-3H3. The number of carbonyl (C=O) groups is 1. The molecular formula is C23H42O4. The highest BCUT2D eigenvalue weighted by atomic mass is 16.5. The van der Waals surface area contributed by atoms with Gasteiger partial charge in [-0.1, -0.05) is 20.8 Å². The minimum absolute atomic E-state index is 0.0989. The van der Waals surface area contributed by atoms with Gasteiger partial charge in [-0.3, -0.25) is 4.79 Å². The minimum Gasteiger partial charge on any atom is -0.466 e. The van der Waals surface area contributed by atoms with Crippen molar-refractivity contribution in [1.29, 1.82) is 0 Å². The van der Waals surface area contributed by atoms with Gasteiger partial charge in [0, 0.05) is 19.6 Å². The number of aliphatic hydroxyl groups is 2. The number of hydrogen-bond acceptors (Lipinski definition) is 4. The zero-order valence-corrected chi connectivity index (χ0v) is 17.9. The fraction of sp³-hybridized carbons (Fsp3) is 0.957. The van der Waals surface area contributed by atoms with Crippen molar-refractivity contribution >= 4 is 5.97 Å². The lowest BCUT2D eigenvalue weighted by Crippen LogP contribution is -2.47. The Balaban J connectivity index is 2.08. The second-order valence-corrected chi connectivity index (χ2v) is 10.3. The van der Waals surface area contributed by atoms with Crippen LogP contribution in [0.25, 0.3) is 0 Å². The average Bonchev–Trinajstić information content (AvgIpc) is 2.60.